The monoisotopic (exact) mass is 289 g/mol. The molecule has 5 heteroatoms. The van der Waals surface area contributed by atoms with Gasteiger partial charge < -0.3 is 10.1 Å². The summed E-state index contributed by atoms with van der Waals surface area (Å²) >= 11 is 10.9. The summed E-state index contributed by atoms with van der Waals surface area (Å²) in [6.07, 6.45) is 3.39. The van der Waals surface area contributed by atoms with Crippen molar-refractivity contribution in [1.29, 1.82) is 0 Å². The van der Waals surface area contributed by atoms with Gasteiger partial charge in [-0.2, -0.15) is 0 Å². The van der Waals surface area contributed by atoms with E-state index in [2.05, 4.69) is 12.2 Å². The Hall–Kier alpha value is -0.930. The van der Waals surface area contributed by atoms with Gasteiger partial charge in [-0.25, -0.2) is 0 Å². The van der Waals surface area contributed by atoms with Crippen LogP contribution in [0.3, 0.4) is 0 Å². The average molecular weight is 290 g/mol. The zero-order valence-electron chi connectivity index (χ0n) is 10.3. The van der Waals surface area contributed by atoms with Gasteiger partial charge in [0.2, 0.25) is 0 Å². The van der Waals surface area contributed by atoms with Crippen molar-refractivity contribution in [1.82, 2.24) is 0 Å². The first-order chi connectivity index (χ1) is 8.63. The molecular formula is C13H17Cl2NO2. The lowest BCUT2D eigenvalue weighted by molar-refractivity contribution is -0.114. The van der Waals surface area contributed by atoms with Crippen LogP contribution in [0.2, 0.25) is 0 Å². The van der Waals surface area contributed by atoms with Gasteiger partial charge in [-0.15, -0.1) is 0 Å². The molecule has 0 bridgehead atoms. The Morgan fingerprint density at radius 1 is 1.28 bits per heavy atom. The van der Waals surface area contributed by atoms with Crippen LogP contribution < -0.4 is 10.1 Å². The highest BCUT2D eigenvalue weighted by Gasteiger charge is 2.10. The molecule has 0 saturated carbocycles. The van der Waals surface area contributed by atoms with E-state index in [1.807, 2.05) is 0 Å². The van der Waals surface area contributed by atoms with E-state index in [4.69, 9.17) is 27.9 Å². The van der Waals surface area contributed by atoms with Gasteiger partial charge >= 0.3 is 0 Å². The molecule has 0 aliphatic heterocycles. The minimum Gasteiger partial charge on any atom is -0.494 e. The topological polar surface area (TPSA) is 38.3 Å². The summed E-state index contributed by atoms with van der Waals surface area (Å²) in [6, 6.07) is 7.12. The number of halogens is 2. The van der Waals surface area contributed by atoms with E-state index >= 15 is 0 Å². The van der Waals surface area contributed by atoms with Crippen molar-refractivity contribution in [3.05, 3.63) is 24.3 Å². The predicted octanol–water partition coefficient (Wildman–Crippen LogP) is 4.00. The molecule has 1 N–H and O–H groups in total. The van der Waals surface area contributed by atoms with Gasteiger partial charge in [-0.05, 0) is 30.7 Å². The molecule has 0 fully saturated rings. The van der Waals surface area contributed by atoms with Crippen molar-refractivity contribution in [2.75, 3.05) is 11.9 Å². The van der Waals surface area contributed by atoms with E-state index in [0.717, 1.165) is 12.2 Å². The maximum Gasteiger partial charge on any atom is 0.257 e. The van der Waals surface area contributed by atoms with Crippen LogP contribution in [0.1, 0.15) is 26.2 Å². The van der Waals surface area contributed by atoms with Gasteiger partial charge in [0.25, 0.3) is 5.91 Å². The Balaban J connectivity index is 2.40. The molecule has 18 heavy (non-hydrogen) atoms. The number of alkyl halides is 2. The molecule has 1 rings (SSSR count). The third-order valence-electron chi connectivity index (χ3n) is 2.34. The van der Waals surface area contributed by atoms with Crippen molar-refractivity contribution >= 4 is 34.8 Å². The van der Waals surface area contributed by atoms with Crippen LogP contribution in [-0.4, -0.2) is 17.4 Å². The van der Waals surface area contributed by atoms with Crippen LogP contribution in [0.25, 0.3) is 0 Å². The first-order valence-corrected chi connectivity index (χ1v) is 6.82. The molecule has 0 atom stereocenters. The molecule has 0 aromatic heterocycles. The number of hydrogen-bond donors (Lipinski definition) is 1. The van der Waals surface area contributed by atoms with Crippen molar-refractivity contribution < 1.29 is 9.53 Å². The minimum atomic E-state index is -1.06. The molecule has 0 spiro atoms. The summed E-state index contributed by atoms with van der Waals surface area (Å²) in [7, 11) is 0. The largest absolute Gasteiger partial charge is 0.494 e. The molecule has 1 amide bonds. The molecule has 0 saturated heterocycles. The van der Waals surface area contributed by atoms with Crippen molar-refractivity contribution in [3.8, 4) is 5.75 Å². The Kier molecular flexibility index (Phi) is 6.91. The molecule has 0 heterocycles. The number of benzene rings is 1. The summed E-state index contributed by atoms with van der Waals surface area (Å²) in [6.45, 7) is 2.86. The Labute approximate surface area is 117 Å². The van der Waals surface area contributed by atoms with Crippen LogP contribution in [0.4, 0.5) is 5.69 Å². The van der Waals surface area contributed by atoms with Crippen LogP contribution in [-0.2, 0) is 4.79 Å². The number of unbranched alkanes of at least 4 members (excludes halogenated alkanes) is 2. The lowest BCUT2D eigenvalue weighted by Gasteiger charge is -2.08. The molecule has 0 radical (unpaired) electrons. The van der Waals surface area contributed by atoms with Gasteiger partial charge in [0, 0.05) is 5.69 Å². The third kappa shape index (κ3) is 5.61. The van der Waals surface area contributed by atoms with Crippen LogP contribution in [0, 0.1) is 0 Å². The first kappa shape index (κ1) is 15.1. The summed E-state index contributed by atoms with van der Waals surface area (Å²) in [5, 5.41) is 2.59. The lowest BCUT2D eigenvalue weighted by Crippen LogP contribution is -2.18. The fraction of sp³-hybridized carbons (Fsp3) is 0.462. The summed E-state index contributed by atoms with van der Waals surface area (Å²) < 4.78 is 5.55. The number of amides is 1. The second-order valence-corrected chi connectivity index (χ2v) is 4.97. The second kappa shape index (κ2) is 8.22. The third-order valence-corrected chi connectivity index (χ3v) is 2.73. The number of anilines is 1. The highest BCUT2D eigenvalue weighted by atomic mass is 35.5. The molecule has 0 aliphatic rings. The van der Waals surface area contributed by atoms with Crippen LogP contribution >= 0.6 is 23.2 Å². The fourth-order valence-electron chi connectivity index (χ4n) is 1.37. The number of ether oxygens (including phenoxy) is 1. The van der Waals surface area contributed by atoms with Crippen molar-refractivity contribution in [2.24, 2.45) is 0 Å². The highest BCUT2D eigenvalue weighted by molar-refractivity contribution is 6.54. The summed E-state index contributed by atoms with van der Waals surface area (Å²) in [5.74, 6) is 0.354. The second-order valence-electron chi connectivity index (χ2n) is 3.87. The lowest BCUT2D eigenvalue weighted by atomic mass is 10.2. The average Bonchev–Trinajstić information content (AvgIpc) is 2.36. The fourth-order valence-corrected chi connectivity index (χ4v) is 1.48. The maximum atomic E-state index is 11.2. The molecule has 0 aliphatic carbocycles. The predicted molar refractivity (Wildman–Crippen MR) is 75.6 cm³/mol. The number of hydrogen-bond acceptors (Lipinski definition) is 2. The van der Waals surface area contributed by atoms with Gasteiger partial charge in [0.05, 0.1) is 6.61 Å². The molecular weight excluding hydrogens is 273 g/mol. The van der Waals surface area contributed by atoms with E-state index in [0.29, 0.717) is 12.3 Å². The zero-order chi connectivity index (χ0) is 13.4. The van der Waals surface area contributed by atoms with E-state index in [-0.39, 0.29) is 0 Å². The van der Waals surface area contributed by atoms with Gasteiger partial charge in [0.1, 0.15) is 5.75 Å². The van der Waals surface area contributed by atoms with E-state index in [1.54, 1.807) is 24.3 Å². The van der Waals surface area contributed by atoms with Crippen molar-refractivity contribution in [2.45, 2.75) is 31.0 Å². The number of carbonyl (C=O) groups excluding carboxylic acids is 1. The smallest absolute Gasteiger partial charge is 0.257 e. The van der Waals surface area contributed by atoms with Gasteiger partial charge in [0.15, 0.2) is 4.84 Å². The summed E-state index contributed by atoms with van der Waals surface area (Å²) in [4.78, 5) is 10.2. The quantitative estimate of drug-likeness (QED) is 0.609. The Morgan fingerprint density at radius 2 is 1.94 bits per heavy atom. The van der Waals surface area contributed by atoms with E-state index in [1.165, 1.54) is 12.8 Å². The molecule has 0 unspecified atom stereocenters. The number of nitrogens with one attached hydrogen (secondary N) is 1. The normalized spacial score (nSPS) is 10.4. The number of carbonyl (C=O) groups is 1. The van der Waals surface area contributed by atoms with Gasteiger partial charge in [-0.3, -0.25) is 4.79 Å². The SMILES string of the molecule is CCCCCOc1ccc(NC(=O)C(Cl)Cl)cc1. The maximum absolute atomic E-state index is 11.2. The van der Waals surface area contributed by atoms with Crippen molar-refractivity contribution in [3.63, 3.8) is 0 Å². The van der Waals surface area contributed by atoms with Crippen LogP contribution in [0.15, 0.2) is 24.3 Å². The minimum absolute atomic E-state index is 0.435. The summed E-state index contributed by atoms with van der Waals surface area (Å²) in [5.41, 5.74) is 0.646. The standard InChI is InChI=1S/C13H17Cl2NO2/c1-2-3-4-9-18-11-7-5-10(6-8-11)16-13(17)12(14)15/h5-8,12H,2-4,9H2,1H3,(H,16,17). The van der Waals surface area contributed by atoms with E-state index < -0.39 is 10.7 Å². The molecule has 100 valence electrons. The Bertz CT molecular complexity index is 366. The van der Waals surface area contributed by atoms with E-state index in [9.17, 15) is 4.79 Å². The highest BCUT2D eigenvalue weighted by Crippen LogP contribution is 2.17. The molecule has 1 aromatic carbocycles. The zero-order valence-corrected chi connectivity index (χ0v) is 11.8. The number of rotatable bonds is 7. The Morgan fingerprint density at radius 3 is 2.50 bits per heavy atom. The molecule has 1 aromatic rings. The van der Waals surface area contributed by atoms with Gasteiger partial charge in [-0.1, -0.05) is 43.0 Å². The van der Waals surface area contributed by atoms with Crippen LogP contribution in [0.5, 0.6) is 5.75 Å². The first-order valence-electron chi connectivity index (χ1n) is 5.95. The molecule has 3 nitrogen and oxygen atoms in total.